The Kier molecular flexibility index (Phi) is 3.30. The molecule has 19 heavy (non-hydrogen) atoms. The molecule has 0 aliphatic heterocycles. The van der Waals surface area contributed by atoms with Crippen molar-refractivity contribution in [2.75, 3.05) is 14.2 Å². The number of nitrogens with one attached hydrogen (secondary N) is 1. The number of ether oxygens (including phenoxy) is 1. The molecule has 100 valence electrons. The zero-order valence-electron chi connectivity index (χ0n) is 11.0. The van der Waals surface area contributed by atoms with E-state index in [1.807, 2.05) is 30.1 Å². The van der Waals surface area contributed by atoms with Crippen molar-refractivity contribution in [1.29, 1.82) is 0 Å². The number of rotatable bonds is 4. The zero-order valence-corrected chi connectivity index (χ0v) is 12.6. The van der Waals surface area contributed by atoms with Gasteiger partial charge in [-0.3, -0.25) is 4.68 Å². The number of methoxy groups -OCH3 is 1. The average Bonchev–Trinajstić information content (AvgIpc) is 3.06. The quantitative estimate of drug-likeness (QED) is 0.803. The molecule has 0 saturated carbocycles. The van der Waals surface area contributed by atoms with Crippen molar-refractivity contribution in [3.8, 4) is 5.75 Å². The molecule has 3 rings (SSSR count). The summed E-state index contributed by atoms with van der Waals surface area (Å²) in [4.78, 5) is 1.28. The Morgan fingerprint density at radius 1 is 1.42 bits per heavy atom. The summed E-state index contributed by atoms with van der Waals surface area (Å²) in [7, 11) is 5.59. The second-order valence-electron chi connectivity index (χ2n) is 4.24. The fraction of sp³-hybridized carbons (Fsp3) is 0.308. The van der Waals surface area contributed by atoms with Crippen LogP contribution in [0.15, 0.2) is 23.7 Å². The highest BCUT2D eigenvalue weighted by Gasteiger charge is 2.23. The fourth-order valence-electron chi connectivity index (χ4n) is 2.25. The van der Waals surface area contributed by atoms with Gasteiger partial charge >= 0.3 is 0 Å². The van der Waals surface area contributed by atoms with Gasteiger partial charge in [-0.15, -0.1) is 22.7 Å². The number of nitrogens with zero attached hydrogens (tertiary/aromatic N) is 2. The molecule has 3 aromatic rings. The molecule has 0 radical (unpaired) electrons. The van der Waals surface area contributed by atoms with Crippen LogP contribution in [0.3, 0.4) is 0 Å². The van der Waals surface area contributed by atoms with E-state index in [-0.39, 0.29) is 6.04 Å². The van der Waals surface area contributed by atoms with E-state index in [4.69, 9.17) is 4.74 Å². The monoisotopic (exact) mass is 293 g/mol. The highest BCUT2D eigenvalue weighted by Crippen LogP contribution is 2.37. The second kappa shape index (κ2) is 4.96. The van der Waals surface area contributed by atoms with Gasteiger partial charge in [0.25, 0.3) is 0 Å². The van der Waals surface area contributed by atoms with E-state index in [2.05, 4.69) is 27.9 Å². The third-order valence-corrected chi connectivity index (χ3v) is 5.33. The zero-order chi connectivity index (χ0) is 13.4. The standard InChI is InChI=1S/C13H15N3OS2/c1-14-12(13-8(17-3)7-15-16(13)2)11-6-10-9(19-11)4-5-18-10/h4-7,12,14H,1-3H3. The van der Waals surface area contributed by atoms with Crippen molar-refractivity contribution in [3.63, 3.8) is 0 Å². The highest BCUT2D eigenvalue weighted by atomic mass is 32.1. The lowest BCUT2D eigenvalue weighted by molar-refractivity contribution is 0.403. The molecule has 1 N–H and O–H groups in total. The van der Waals surface area contributed by atoms with Crippen LogP contribution in [0.5, 0.6) is 5.75 Å². The Labute approximate surface area is 119 Å². The summed E-state index contributed by atoms with van der Waals surface area (Å²) in [5.41, 5.74) is 1.05. The molecule has 0 saturated heterocycles. The molecule has 0 spiro atoms. The van der Waals surface area contributed by atoms with Gasteiger partial charge in [0, 0.05) is 21.3 Å². The molecule has 0 aromatic carbocycles. The summed E-state index contributed by atoms with van der Waals surface area (Å²) in [6.45, 7) is 0. The topological polar surface area (TPSA) is 39.1 Å². The maximum absolute atomic E-state index is 5.41. The van der Waals surface area contributed by atoms with Gasteiger partial charge in [0.2, 0.25) is 0 Å². The van der Waals surface area contributed by atoms with Crippen LogP contribution in [0.2, 0.25) is 0 Å². The van der Waals surface area contributed by atoms with Crippen LogP contribution in [0.25, 0.3) is 9.40 Å². The first-order valence-electron chi connectivity index (χ1n) is 5.94. The normalized spacial score (nSPS) is 13.0. The number of thiophene rings is 2. The molecule has 1 unspecified atom stereocenters. The van der Waals surface area contributed by atoms with E-state index in [1.54, 1.807) is 24.6 Å². The first-order valence-corrected chi connectivity index (χ1v) is 7.64. The van der Waals surface area contributed by atoms with Crippen LogP contribution >= 0.6 is 22.7 Å². The highest BCUT2D eigenvalue weighted by molar-refractivity contribution is 7.27. The van der Waals surface area contributed by atoms with Gasteiger partial charge in [-0.25, -0.2) is 0 Å². The number of hydrogen-bond acceptors (Lipinski definition) is 5. The number of aromatic nitrogens is 2. The van der Waals surface area contributed by atoms with Crippen molar-refractivity contribution < 1.29 is 4.74 Å². The van der Waals surface area contributed by atoms with E-state index >= 15 is 0 Å². The van der Waals surface area contributed by atoms with Gasteiger partial charge in [0.1, 0.15) is 5.69 Å². The second-order valence-corrected chi connectivity index (χ2v) is 6.30. The number of aryl methyl sites for hydroxylation is 1. The first kappa shape index (κ1) is 12.7. The molecule has 0 aliphatic carbocycles. The van der Waals surface area contributed by atoms with E-state index in [1.165, 1.54) is 14.3 Å². The van der Waals surface area contributed by atoms with Crippen molar-refractivity contribution >= 4 is 32.1 Å². The lowest BCUT2D eigenvalue weighted by Crippen LogP contribution is -2.20. The van der Waals surface area contributed by atoms with Gasteiger partial charge in [0.05, 0.1) is 19.3 Å². The van der Waals surface area contributed by atoms with Gasteiger partial charge in [-0.05, 0) is 24.6 Å². The van der Waals surface area contributed by atoms with Crippen LogP contribution in [-0.2, 0) is 7.05 Å². The van der Waals surface area contributed by atoms with Crippen molar-refractivity contribution in [3.05, 3.63) is 34.3 Å². The van der Waals surface area contributed by atoms with Crippen LogP contribution in [0.1, 0.15) is 16.6 Å². The number of fused-ring (bicyclic) bond motifs is 1. The van der Waals surface area contributed by atoms with Crippen molar-refractivity contribution in [1.82, 2.24) is 15.1 Å². The fourth-order valence-corrected chi connectivity index (χ4v) is 4.49. The largest absolute Gasteiger partial charge is 0.493 e. The molecule has 0 fully saturated rings. The summed E-state index contributed by atoms with van der Waals surface area (Å²) in [5.74, 6) is 0.818. The maximum Gasteiger partial charge on any atom is 0.161 e. The Morgan fingerprint density at radius 3 is 2.95 bits per heavy atom. The first-order chi connectivity index (χ1) is 9.24. The molecule has 0 aliphatic rings. The molecule has 6 heteroatoms. The van der Waals surface area contributed by atoms with Gasteiger partial charge in [-0.2, -0.15) is 5.10 Å². The van der Waals surface area contributed by atoms with Crippen molar-refractivity contribution in [2.24, 2.45) is 7.05 Å². The van der Waals surface area contributed by atoms with Gasteiger partial charge < -0.3 is 10.1 Å². The number of hydrogen-bond donors (Lipinski definition) is 1. The molecular formula is C13H15N3OS2. The molecule has 3 heterocycles. The Morgan fingerprint density at radius 2 is 2.26 bits per heavy atom. The average molecular weight is 293 g/mol. The van der Waals surface area contributed by atoms with Gasteiger partial charge in [-0.1, -0.05) is 0 Å². The van der Waals surface area contributed by atoms with Gasteiger partial charge in [0.15, 0.2) is 5.75 Å². The third-order valence-electron chi connectivity index (χ3n) is 3.17. The minimum absolute atomic E-state index is 0.104. The van der Waals surface area contributed by atoms with Crippen molar-refractivity contribution in [2.45, 2.75) is 6.04 Å². The molecular weight excluding hydrogens is 278 g/mol. The van der Waals surface area contributed by atoms with Crippen LogP contribution in [0.4, 0.5) is 0 Å². The van der Waals surface area contributed by atoms with Crippen LogP contribution in [-0.4, -0.2) is 23.9 Å². The lowest BCUT2D eigenvalue weighted by Gasteiger charge is -2.16. The predicted octanol–water partition coefficient (Wildman–Crippen LogP) is 3.01. The summed E-state index contributed by atoms with van der Waals surface area (Å²) < 4.78 is 9.95. The molecule has 0 amide bonds. The summed E-state index contributed by atoms with van der Waals surface area (Å²) in [5, 5.41) is 9.77. The van der Waals surface area contributed by atoms with Crippen LogP contribution in [0, 0.1) is 0 Å². The van der Waals surface area contributed by atoms with E-state index in [0.29, 0.717) is 0 Å². The third kappa shape index (κ3) is 2.05. The van der Waals surface area contributed by atoms with E-state index in [9.17, 15) is 0 Å². The van der Waals surface area contributed by atoms with Crippen LogP contribution < -0.4 is 10.1 Å². The minimum Gasteiger partial charge on any atom is -0.493 e. The summed E-state index contributed by atoms with van der Waals surface area (Å²) >= 11 is 3.59. The molecule has 4 nitrogen and oxygen atoms in total. The summed E-state index contributed by atoms with van der Waals surface area (Å²) in [6.07, 6.45) is 1.76. The minimum atomic E-state index is 0.104. The molecule has 0 bridgehead atoms. The Balaban J connectivity index is 2.09. The van der Waals surface area contributed by atoms with E-state index < -0.39 is 0 Å². The lowest BCUT2D eigenvalue weighted by atomic mass is 10.1. The maximum atomic E-state index is 5.41. The Bertz CT molecular complexity index is 669. The molecule has 3 aromatic heterocycles. The smallest absolute Gasteiger partial charge is 0.161 e. The SMILES string of the molecule is CNC(c1cc2sccc2s1)c1c(OC)cnn1C. The predicted molar refractivity (Wildman–Crippen MR) is 80.4 cm³/mol. The Hall–Kier alpha value is -1.37. The summed E-state index contributed by atoms with van der Waals surface area (Å²) in [6, 6.07) is 4.52. The van der Waals surface area contributed by atoms with E-state index in [0.717, 1.165) is 11.4 Å². The molecule has 1 atom stereocenters.